The highest BCUT2D eigenvalue weighted by atomic mass is 35.5. The van der Waals surface area contributed by atoms with Crippen molar-refractivity contribution in [1.82, 2.24) is 9.78 Å². The van der Waals surface area contributed by atoms with Crippen molar-refractivity contribution in [1.29, 1.82) is 0 Å². The molecule has 0 fully saturated rings. The van der Waals surface area contributed by atoms with Crippen LogP contribution in [-0.4, -0.2) is 18.2 Å². The number of nitrogens with zero attached hydrogens (tertiary/aromatic N) is 2. The highest BCUT2D eigenvalue weighted by Gasteiger charge is 2.19. The van der Waals surface area contributed by atoms with E-state index in [4.69, 9.17) is 15.8 Å². The number of halogens is 1. The van der Waals surface area contributed by atoms with Crippen LogP contribution in [0.4, 0.5) is 0 Å². The van der Waals surface area contributed by atoms with E-state index in [9.17, 15) is 8.42 Å². The van der Waals surface area contributed by atoms with Crippen molar-refractivity contribution in [3.63, 3.8) is 0 Å². The molecule has 0 spiro atoms. The van der Waals surface area contributed by atoms with Crippen LogP contribution in [0.2, 0.25) is 5.02 Å². The summed E-state index contributed by atoms with van der Waals surface area (Å²) in [7, 11) is -3.94. The molecule has 0 aliphatic rings. The van der Waals surface area contributed by atoms with Gasteiger partial charge in [0.1, 0.15) is 10.6 Å². The minimum atomic E-state index is -3.94. The summed E-state index contributed by atoms with van der Waals surface area (Å²) < 4.78 is 31.6. The Morgan fingerprint density at radius 1 is 1.13 bits per heavy atom. The molecule has 0 saturated heterocycles. The molecule has 5 nitrogen and oxygen atoms in total. The zero-order valence-electron chi connectivity index (χ0n) is 12.2. The second kappa shape index (κ2) is 6.06. The fourth-order valence-electron chi connectivity index (χ4n) is 2.09. The third kappa shape index (κ3) is 3.38. The van der Waals surface area contributed by atoms with Gasteiger partial charge < -0.3 is 4.18 Å². The van der Waals surface area contributed by atoms with E-state index < -0.39 is 10.1 Å². The van der Waals surface area contributed by atoms with E-state index in [1.807, 2.05) is 0 Å². The van der Waals surface area contributed by atoms with Crippen LogP contribution in [0.15, 0.2) is 65.8 Å². The Morgan fingerprint density at radius 2 is 1.87 bits per heavy atom. The van der Waals surface area contributed by atoms with E-state index in [1.165, 1.54) is 6.07 Å². The van der Waals surface area contributed by atoms with Crippen molar-refractivity contribution < 1.29 is 12.6 Å². The predicted octanol–water partition coefficient (Wildman–Crippen LogP) is 3.60. The van der Waals surface area contributed by atoms with Crippen LogP contribution >= 0.6 is 11.6 Å². The maximum Gasteiger partial charge on any atom is 0.339 e. The van der Waals surface area contributed by atoms with Crippen molar-refractivity contribution >= 4 is 21.7 Å². The molecule has 0 radical (unpaired) electrons. The lowest BCUT2D eigenvalue weighted by molar-refractivity contribution is 0.485. The molecular weight excluding hydrogens is 336 g/mol. The van der Waals surface area contributed by atoms with Gasteiger partial charge in [-0.3, -0.25) is 0 Å². The Kier molecular flexibility index (Phi) is 4.11. The summed E-state index contributed by atoms with van der Waals surface area (Å²) in [6.07, 6.45) is 3.46. The van der Waals surface area contributed by atoms with Crippen LogP contribution in [0.5, 0.6) is 5.75 Å². The number of hydrogen-bond acceptors (Lipinski definition) is 4. The lowest BCUT2D eigenvalue weighted by Crippen LogP contribution is -2.11. The smallest absolute Gasteiger partial charge is 0.339 e. The van der Waals surface area contributed by atoms with Gasteiger partial charge in [0.25, 0.3) is 0 Å². The number of aromatic nitrogens is 2. The average molecular weight is 349 g/mol. The molecule has 23 heavy (non-hydrogen) atoms. The van der Waals surface area contributed by atoms with E-state index in [1.54, 1.807) is 66.5 Å². The molecule has 0 bridgehead atoms. The van der Waals surface area contributed by atoms with Gasteiger partial charge in [0.15, 0.2) is 0 Å². The normalized spacial score (nSPS) is 11.4. The van der Waals surface area contributed by atoms with Crippen molar-refractivity contribution in [3.05, 3.63) is 71.5 Å². The molecule has 0 amide bonds. The standard InChI is InChI=1S/C16H13ClN2O3S/c1-12-3-4-13(17)11-16(12)23(20,21)22-15-7-5-14(6-8-15)19-10-2-9-18-19/h2-11H,1H3. The molecule has 0 N–H and O–H groups in total. The molecule has 0 saturated carbocycles. The first-order chi connectivity index (χ1) is 11.0. The molecule has 0 aliphatic carbocycles. The molecule has 3 rings (SSSR count). The molecule has 1 heterocycles. The van der Waals surface area contributed by atoms with Gasteiger partial charge in [-0.15, -0.1) is 0 Å². The van der Waals surface area contributed by atoms with Crippen LogP contribution in [-0.2, 0) is 10.1 Å². The van der Waals surface area contributed by atoms with Crippen molar-refractivity contribution in [2.45, 2.75) is 11.8 Å². The second-order valence-electron chi connectivity index (χ2n) is 4.89. The third-order valence-corrected chi connectivity index (χ3v) is 4.86. The van der Waals surface area contributed by atoms with Gasteiger partial charge in [0, 0.05) is 17.4 Å². The first-order valence-corrected chi connectivity index (χ1v) is 8.55. The van der Waals surface area contributed by atoms with Crippen LogP contribution in [0.1, 0.15) is 5.56 Å². The zero-order chi connectivity index (χ0) is 16.4. The van der Waals surface area contributed by atoms with Crippen LogP contribution in [0, 0.1) is 6.92 Å². The third-order valence-electron chi connectivity index (χ3n) is 3.23. The van der Waals surface area contributed by atoms with E-state index in [-0.39, 0.29) is 10.6 Å². The molecule has 1 aromatic heterocycles. The van der Waals surface area contributed by atoms with Gasteiger partial charge in [-0.25, -0.2) is 4.68 Å². The monoisotopic (exact) mass is 348 g/mol. The fourth-order valence-corrected chi connectivity index (χ4v) is 3.52. The van der Waals surface area contributed by atoms with E-state index in [0.717, 1.165) is 5.69 Å². The largest absolute Gasteiger partial charge is 0.379 e. The summed E-state index contributed by atoms with van der Waals surface area (Å²) in [5.41, 5.74) is 1.38. The summed E-state index contributed by atoms with van der Waals surface area (Å²) in [4.78, 5) is 0.0566. The number of aryl methyl sites for hydroxylation is 1. The second-order valence-corrected chi connectivity index (χ2v) is 6.84. The predicted molar refractivity (Wildman–Crippen MR) is 87.6 cm³/mol. The Bertz CT molecular complexity index is 920. The maximum absolute atomic E-state index is 12.4. The number of hydrogen-bond donors (Lipinski definition) is 0. The van der Waals surface area contributed by atoms with Gasteiger partial charge in [0.2, 0.25) is 0 Å². The first kappa shape index (κ1) is 15.6. The average Bonchev–Trinajstić information content (AvgIpc) is 3.04. The van der Waals surface area contributed by atoms with E-state index >= 15 is 0 Å². The van der Waals surface area contributed by atoms with Crippen LogP contribution in [0.3, 0.4) is 0 Å². The maximum atomic E-state index is 12.4. The molecule has 7 heteroatoms. The van der Waals surface area contributed by atoms with Gasteiger partial charge in [0.05, 0.1) is 5.69 Å². The minimum absolute atomic E-state index is 0.0566. The lowest BCUT2D eigenvalue weighted by atomic mass is 10.2. The molecule has 3 aromatic rings. The summed E-state index contributed by atoms with van der Waals surface area (Å²) >= 11 is 5.87. The molecule has 118 valence electrons. The Morgan fingerprint density at radius 3 is 2.52 bits per heavy atom. The summed E-state index contributed by atoms with van der Waals surface area (Å²) in [5, 5.41) is 4.44. The summed E-state index contributed by atoms with van der Waals surface area (Å²) in [6.45, 7) is 1.69. The van der Waals surface area contributed by atoms with E-state index in [0.29, 0.717) is 10.6 Å². The van der Waals surface area contributed by atoms with Gasteiger partial charge in [-0.1, -0.05) is 17.7 Å². The van der Waals surface area contributed by atoms with Gasteiger partial charge >= 0.3 is 10.1 Å². The van der Waals surface area contributed by atoms with Crippen molar-refractivity contribution in [2.75, 3.05) is 0 Å². The number of benzene rings is 2. The quantitative estimate of drug-likeness (QED) is 0.676. The molecule has 0 aliphatic heterocycles. The zero-order valence-corrected chi connectivity index (χ0v) is 13.8. The topological polar surface area (TPSA) is 61.2 Å². The number of rotatable bonds is 4. The molecular formula is C16H13ClN2O3S. The van der Waals surface area contributed by atoms with Crippen LogP contribution in [0.25, 0.3) is 5.69 Å². The fraction of sp³-hybridized carbons (Fsp3) is 0.0625. The van der Waals surface area contributed by atoms with Gasteiger partial charge in [-0.2, -0.15) is 13.5 Å². The first-order valence-electron chi connectivity index (χ1n) is 6.76. The SMILES string of the molecule is Cc1ccc(Cl)cc1S(=O)(=O)Oc1ccc(-n2cccn2)cc1. The van der Waals surface area contributed by atoms with E-state index in [2.05, 4.69) is 5.10 Å². The Balaban J connectivity index is 1.87. The Labute approximate surface area is 139 Å². The highest BCUT2D eigenvalue weighted by Crippen LogP contribution is 2.24. The van der Waals surface area contributed by atoms with Gasteiger partial charge in [-0.05, 0) is 55.0 Å². The molecule has 2 aromatic carbocycles. The molecule has 0 unspecified atom stereocenters. The minimum Gasteiger partial charge on any atom is -0.379 e. The highest BCUT2D eigenvalue weighted by molar-refractivity contribution is 7.87. The summed E-state index contributed by atoms with van der Waals surface area (Å²) in [5.74, 6) is 0.222. The molecule has 0 atom stereocenters. The lowest BCUT2D eigenvalue weighted by Gasteiger charge is -2.10. The van der Waals surface area contributed by atoms with Crippen LogP contribution < -0.4 is 4.18 Å². The van der Waals surface area contributed by atoms with Crippen molar-refractivity contribution in [2.24, 2.45) is 0 Å². The van der Waals surface area contributed by atoms with Crippen molar-refractivity contribution in [3.8, 4) is 11.4 Å². The summed E-state index contributed by atoms with van der Waals surface area (Å²) in [6, 6.07) is 13.1. The Hall–Kier alpha value is -2.31.